The number of fused-ring (bicyclic) bond motifs is 1. The zero-order valence-corrected chi connectivity index (χ0v) is 16.5. The number of ether oxygens (including phenoxy) is 3. The van der Waals surface area contributed by atoms with Gasteiger partial charge in [-0.15, -0.1) is 0 Å². The number of cyclic esters (lactones) is 1. The van der Waals surface area contributed by atoms with Gasteiger partial charge in [-0.05, 0) is 41.8 Å². The van der Waals surface area contributed by atoms with Crippen molar-refractivity contribution in [2.75, 3.05) is 32.3 Å². The van der Waals surface area contributed by atoms with Gasteiger partial charge in [-0.25, -0.2) is 14.0 Å². The minimum absolute atomic E-state index is 0.168. The number of pyridine rings is 1. The van der Waals surface area contributed by atoms with Crippen LogP contribution in [0.4, 0.5) is 14.9 Å². The highest BCUT2D eigenvalue weighted by molar-refractivity contribution is 6.09. The van der Waals surface area contributed by atoms with E-state index in [0.29, 0.717) is 29.6 Å². The van der Waals surface area contributed by atoms with Crippen LogP contribution in [0.15, 0.2) is 42.6 Å². The molecule has 30 heavy (non-hydrogen) atoms. The summed E-state index contributed by atoms with van der Waals surface area (Å²) in [5.74, 6) is -0.633. The van der Waals surface area contributed by atoms with E-state index in [1.54, 1.807) is 24.4 Å². The topological polar surface area (TPSA) is 78.0 Å². The van der Waals surface area contributed by atoms with Crippen LogP contribution in [0.25, 0.3) is 10.9 Å². The van der Waals surface area contributed by atoms with Crippen molar-refractivity contribution in [3.63, 3.8) is 0 Å². The van der Waals surface area contributed by atoms with Crippen molar-refractivity contribution in [2.45, 2.75) is 6.42 Å². The Labute approximate surface area is 172 Å². The zero-order chi connectivity index (χ0) is 21.3. The number of methoxy groups -OCH3 is 2. The molecule has 1 amide bonds. The number of nitrogens with zero attached hydrogens (tertiary/aromatic N) is 2. The molecule has 1 aliphatic rings. The van der Waals surface area contributed by atoms with E-state index >= 15 is 0 Å². The van der Waals surface area contributed by atoms with Crippen molar-refractivity contribution < 1.29 is 28.2 Å². The summed E-state index contributed by atoms with van der Waals surface area (Å²) >= 11 is 0. The Morgan fingerprint density at radius 1 is 1.20 bits per heavy atom. The van der Waals surface area contributed by atoms with E-state index in [4.69, 9.17) is 14.2 Å². The lowest BCUT2D eigenvalue weighted by molar-refractivity contribution is 0.0597. The van der Waals surface area contributed by atoms with Gasteiger partial charge >= 0.3 is 12.1 Å². The fourth-order valence-corrected chi connectivity index (χ4v) is 3.53. The summed E-state index contributed by atoms with van der Waals surface area (Å²) in [6.07, 6.45) is 1.69. The standard InChI is InChI=1S/C22H19FN2O5/c1-28-20-17(21(26)29-2)11-18(25-7-8-30-22(25)27)16-10-14(12-24-19(16)20)9-13-3-5-15(23)6-4-13/h3-6,10-12H,7-9H2,1-2H3. The third kappa shape index (κ3) is 3.52. The van der Waals surface area contributed by atoms with Gasteiger partial charge in [0.15, 0.2) is 5.75 Å². The SMILES string of the molecule is COC(=O)c1cc(N2CCOC2=O)c2cc(Cc3ccc(F)cc3)cnc2c1OC. The van der Waals surface area contributed by atoms with Crippen molar-refractivity contribution in [1.29, 1.82) is 0 Å². The second-order valence-corrected chi connectivity index (χ2v) is 6.78. The molecule has 1 aromatic heterocycles. The van der Waals surface area contributed by atoms with E-state index < -0.39 is 12.1 Å². The highest BCUT2D eigenvalue weighted by Gasteiger charge is 2.29. The maximum absolute atomic E-state index is 13.2. The van der Waals surface area contributed by atoms with Crippen molar-refractivity contribution >= 4 is 28.7 Å². The van der Waals surface area contributed by atoms with Crippen molar-refractivity contribution in [3.05, 3.63) is 65.1 Å². The van der Waals surface area contributed by atoms with E-state index in [-0.39, 0.29) is 23.7 Å². The molecule has 2 aromatic carbocycles. The molecule has 7 nitrogen and oxygen atoms in total. The molecule has 3 aromatic rings. The third-order valence-electron chi connectivity index (χ3n) is 4.94. The number of aromatic nitrogens is 1. The Hall–Kier alpha value is -3.68. The smallest absolute Gasteiger partial charge is 0.414 e. The molecule has 4 rings (SSSR count). The van der Waals surface area contributed by atoms with Gasteiger partial charge in [-0.1, -0.05) is 12.1 Å². The number of amides is 1. The molecule has 1 fully saturated rings. The summed E-state index contributed by atoms with van der Waals surface area (Å²) in [4.78, 5) is 30.5. The largest absolute Gasteiger partial charge is 0.494 e. The van der Waals surface area contributed by atoms with Gasteiger partial charge in [0.25, 0.3) is 0 Å². The Morgan fingerprint density at radius 3 is 2.60 bits per heavy atom. The lowest BCUT2D eigenvalue weighted by Gasteiger charge is -2.19. The number of hydrogen-bond donors (Lipinski definition) is 0. The summed E-state index contributed by atoms with van der Waals surface area (Å²) in [7, 11) is 2.72. The maximum atomic E-state index is 13.2. The van der Waals surface area contributed by atoms with Gasteiger partial charge in [-0.3, -0.25) is 9.88 Å². The molecule has 0 radical (unpaired) electrons. The zero-order valence-electron chi connectivity index (χ0n) is 16.5. The first kappa shape index (κ1) is 19.6. The number of esters is 1. The van der Waals surface area contributed by atoms with Crippen LogP contribution in [-0.2, 0) is 15.9 Å². The van der Waals surface area contributed by atoms with Crippen LogP contribution in [0.2, 0.25) is 0 Å². The molecule has 1 aliphatic heterocycles. The van der Waals surface area contributed by atoms with Crippen molar-refractivity contribution in [3.8, 4) is 5.75 Å². The summed E-state index contributed by atoms with van der Waals surface area (Å²) < 4.78 is 28.6. The summed E-state index contributed by atoms with van der Waals surface area (Å²) in [5.41, 5.74) is 2.86. The maximum Gasteiger partial charge on any atom is 0.414 e. The molecule has 154 valence electrons. The quantitative estimate of drug-likeness (QED) is 0.597. The minimum atomic E-state index is -0.597. The average molecular weight is 410 g/mol. The van der Waals surface area contributed by atoms with Gasteiger partial charge in [0.1, 0.15) is 23.5 Å². The number of carbonyl (C=O) groups excluding carboxylic acids is 2. The fraction of sp³-hybridized carbons (Fsp3) is 0.227. The monoisotopic (exact) mass is 410 g/mol. The molecular formula is C22H19FN2O5. The third-order valence-corrected chi connectivity index (χ3v) is 4.94. The van der Waals surface area contributed by atoms with E-state index in [2.05, 4.69) is 4.98 Å². The Morgan fingerprint density at radius 2 is 1.97 bits per heavy atom. The first-order valence-electron chi connectivity index (χ1n) is 9.28. The van der Waals surface area contributed by atoms with Crippen molar-refractivity contribution in [1.82, 2.24) is 4.98 Å². The van der Waals surface area contributed by atoms with Crippen LogP contribution in [-0.4, -0.2) is 44.4 Å². The summed E-state index contributed by atoms with van der Waals surface area (Å²) in [6, 6.07) is 9.67. The second kappa shape index (κ2) is 7.98. The van der Waals surface area contributed by atoms with Gasteiger partial charge in [0.2, 0.25) is 0 Å². The van der Waals surface area contributed by atoms with Gasteiger partial charge in [0, 0.05) is 11.6 Å². The second-order valence-electron chi connectivity index (χ2n) is 6.78. The summed E-state index contributed by atoms with van der Waals surface area (Å²) in [6.45, 7) is 0.603. The number of halogens is 1. The summed E-state index contributed by atoms with van der Waals surface area (Å²) in [5, 5.41) is 0.637. The highest BCUT2D eigenvalue weighted by atomic mass is 19.1. The van der Waals surface area contributed by atoms with Crippen molar-refractivity contribution in [2.24, 2.45) is 0 Å². The van der Waals surface area contributed by atoms with Gasteiger partial charge < -0.3 is 14.2 Å². The molecule has 0 aliphatic carbocycles. The van der Waals surface area contributed by atoms with Crippen LogP contribution in [0.5, 0.6) is 5.75 Å². The molecule has 0 bridgehead atoms. The predicted molar refractivity (Wildman–Crippen MR) is 108 cm³/mol. The lowest BCUT2D eigenvalue weighted by atomic mass is 10.0. The Balaban J connectivity index is 1.88. The van der Waals surface area contributed by atoms with Crippen LogP contribution in [0.1, 0.15) is 21.5 Å². The number of rotatable bonds is 5. The van der Waals surface area contributed by atoms with Crippen LogP contribution in [0, 0.1) is 5.82 Å². The molecule has 0 saturated carbocycles. The van der Waals surface area contributed by atoms with Gasteiger partial charge in [-0.2, -0.15) is 0 Å². The average Bonchev–Trinajstić information content (AvgIpc) is 3.19. The van der Waals surface area contributed by atoms with Crippen LogP contribution < -0.4 is 9.64 Å². The number of benzene rings is 2. The van der Waals surface area contributed by atoms with Crippen LogP contribution >= 0.6 is 0 Å². The fourth-order valence-electron chi connectivity index (χ4n) is 3.53. The normalized spacial score (nSPS) is 13.4. The molecule has 0 atom stereocenters. The first-order chi connectivity index (χ1) is 14.5. The molecular weight excluding hydrogens is 391 g/mol. The minimum Gasteiger partial charge on any atom is -0.494 e. The van der Waals surface area contributed by atoms with Crippen LogP contribution in [0.3, 0.4) is 0 Å². The van der Waals surface area contributed by atoms with Gasteiger partial charge in [0.05, 0.1) is 26.5 Å². The molecule has 0 unspecified atom stereocenters. The number of anilines is 1. The molecule has 8 heteroatoms. The Bertz CT molecular complexity index is 1130. The lowest BCUT2D eigenvalue weighted by Crippen LogP contribution is -2.24. The Kier molecular flexibility index (Phi) is 5.22. The first-order valence-corrected chi connectivity index (χ1v) is 9.28. The van der Waals surface area contributed by atoms with E-state index in [1.807, 2.05) is 6.07 Å². The van der Waals surface area contributed by atoms with E-state index in [1.165, 1.54) is 31.3 Å². The molecule has 0 N–H and O–H groups in total. The predicted octanol–water partition coefficient (Wildman–Crippen LogP) is 3.72. The number of carbonyl (C=O) groups is 2. The van der Waals surface area contributed by atoms with E-state index in [9.17, 15) is 14.0 Å². The number of hydrogen-bond acceptors (Lipinski definition) is 6. The highest BCUT2D eigenvalue weighted by Crippen LogP contribution is 2.38. The molecule has 0 spiro atoms. The van der Waals surface area contributed by atoms with E-state index in [0.717, 1.165) is 11.1 Å². The molecule has 1 saturated heterocycles. The molecule has 2 heterocycles.